The summed E-state index contributed by atoms with van der Waals surface area (Å²) in [5.41, 5.74) is 12.7. The van der Waals surface area contributed by atoms with Crippen LogP contribution in [0.25, 0.3) is 10.9 Å². The maximum atomic E-state index is 13.1. The number of para-hydroxylation sites is 1. The SMILES string of the molecule is CSCCC(N)C(=O)N(C(=O)C(C)N)C(Cc1cn(C(=O)CC(C)O)c2ccccc12)C(=O)O. The highest BCUT2D eigenvalue weighted by Crippen LogP contribution is 2.25. The molecule has 4 atom stereocenters. The molecule has 2 rings (SSSR count). The van der Waals surface area contributed by atoms with Gasteiger partial charge in [0.2, 0.25) is 17.7 Å². The number of amides is 2. The van der Waals surface area contributed by atoms with E-state index in [1.165, 1.54) is 36.4 Å². The Morgan fingerprint density at radius 1 is 1.12 bits per heavy atom. The molecular formula is C23H32N4O6S. The third kappa shape index (κ3) is 6.44. The predicted octanol–water partition coefficient (Wildman–Crippen LogP) is 0.831. The third-order valence-electron chi connectivity index (χ3n) is 5.36. The fourth-order valence-corrected chi connectivity index (χ4v) is 4.14. The number of aliphatic hydroxyl groups is 1. The van der Waals surface area contributed by atoms with E-state index in [2.05, 4.69) is 0 Å². The van der Waals surface area contributed by atoms with Gasteiger partial charge in [-0.25, -0.2) is 4.79 Å². The molecule has 0 radical (unpaired) electrons. The van der Waals surface area contributed by atoms with Crippen LogP contribution in [0, 0.1) is 0 Å². The first-order valence-corrected chi connectivity index (χ1v) is 12.3. The van der Waals surface area contributed by atoms with E-state index >= 15 is 0 Å². The van der Waals surface area contributed by atoms with Crippen LogP contribution in [-0.2, 0) is 20.8 Å². The van der Waals surface area contributed by atoms with Crippen molar-refractivity contribution in [3.8, 4) is 0 Å². The summed E-state index contributed by atoms with van der Waals surface area (Å²) in [6, 6.07) is 3.13. The number of hydrogen-bond acceptors (Lipinski definition) is 8. The van der Waals surface area contributed by atoms with Crippen molar-refractivity contribution in [3.63, 3.8) is 0 Å². The fraction of sp³-hybridized carbons (Fsp3) is 0.478. The summed E-state index contributed by atoms with van der Waals surface area (Å²) in [7, 11) is 0. The van der Waals surface area contributed by atoms with Gasteiger partial charge in [-0.1, -0.05) is 18.2 Å². The van der Waals surface area contributed by atoms with Gasteiger partial charge < -0.3 is 21.7 Å². The van der Waals surface area contributed by atoms with Gasteiger partial charge in [0.25, 0.3) is 0 Å². The van der Waals surface area contributed by atoms with Crippen molar-refractivity contribution in [1.29, 1.82) is 0 Å². The van der Waals surface area contributed by atoms with Gasteiger partial charge in [-0.2, -0.15) is 11.8 Å². The van der Waals surface area contributed by atoms with Gasteiger partial charge in [0.05, 0.1) is 30.1 Å². The molecule has 0 aliphatic heterocycles. The predicted molar refractivity (Wildman–Crippen MR) is 130 cm³/mol. The molecule has 0 fully saturated rings. The number of imide groups is 1. The zero-order valence-corrected chi connectivity index (χ0v) is 20.3. The molecule has 1 aromatic carbocycles. The molecule has 1 aromatic heterocycles. The number of aromatic nitrogens is 1. The lowest BCUT2D eigenvalue weighted by atomic mass is 10.0. The summed E-state index contributed by atoms with van der Waals surface area (Å²) in [4.78, 5) is 51.6. The highest BCUT2D eigenvalue weighted by Gasteiger charge is 2.38. The maximum absolute atomic E-state index is 13.1. The molecule has 11 heteroatoms. The van der Waals surface area contributed by atoms with E-state index in [-0.39, 0.29) is 25.2 Å². The molecule has 186 valence electrons. The maximum Gasteiger partial charge on any atom is 0.327 e. The lowest BCUT2D eigenvalue weighted by Crippen LogP contribution is -2.58. The van der Waals surface area contributed by atoms with Crippen LogP contribution in [0.5, 0.6) is 0 Å². The molecular weight excluding hydrogens is 460 g/mol. The molecule has 4 unspecified atom stereocenters. The number of aliphatic carboxylic acids is 1. The second-order valence-corrected chi connectivity index (χ2v) is 9.26. The topological polar surface area (TPSA) is 169 Å². The normalized spacial score (nSPS) is 14.9. The first kappa shape index (κ1) is 27.5. The average molecular weight is 493 g/mol. The number of carbonyl (C=O) groups is 4. The van der Waals surface area contributed by atoms with Crippen LogP contribution in [0.1, 0.15) is 37.0 Å². The molecule has 0 bridgehead atoms. The summed E-state index contributed by atoms with van der Waals surface area (Å²) >= 11 is 1.47. The van der Waals surface area contributed by atoms with E-state index in [4.69, 9.17) is 11.5 Å². The van der Waals surface area contributed by atoms with Crippen LogP contribution in [0.15, 0.2) is 30.5 Å². The Morgan fingerprint density at radius 3 is 2.32 bits per heavy atom. The smallest absolute Gasteiger partial charge is 0.327 e. The fourth-order valence-electron chi connectivity index (χ4n) is 3.65. The Kier molecular flexibility index (Phi) is 9.80. The minimum absolute atomic E-state index is 0.126. The Labute approximate surface area is 202 Å². The lowest BCUT2D eigenvalue weighted by Gasteiger charge is -2.30. The number of benzene rings is 1. The summed E-state index contributed by atoms with van der Waals surface area (Å²) in [5, 5.41) is 20.2. The standard InChI is InChI=1S/C23H32N4O6S/c1-13(28)10-20(29)26-12-15(16-6-4-5-7-18(16)26)11-19(23(32)33)27(21(30)14(2)24)22(31)17(25)8-9-34-3/h4-7,12-14,17,19,28H,8-11,24-25H2,1-3H3,(H,32,33). The lowest BCUT2D eigenvalue weighted by molar-refractivity contribution is -0.159. The second-order valence-electron chi connectivity index (χ2n) is 8.27. The van der Waals surface area contributed by atoms with Crippen molar-refractivity contribution < 1.29 is 29.4 Å². The Bertz CT molecular complexity index is 1050. The zero-order valence-electron chi connectivity index (χ0n) is 19.5. The van der Waals surface area contributed by atoms with Crippen molar-refractivity contribution >= 4 is 46.4 Å². The number of hydrogen-bond donors (Lipinski definition) is 4. The number of carboxylic acid groups (broad SMARTS) is 1. The average Bonchev–Trinajstić information content (AvgIpc) is 3.14. The van der Waals surface area contributed by atoms with Crippen molar-refractivity contribution in [2.45, 2.75) is 57.3 Å². The van der Waals surface area contributed by atoms with Gasteiger partial charge in [-0.05, 0) is 43.9 Å². The molecule has 0 aliphatic rings. The summed E-state index contributed by atoms with van der Waals surface area (Å²) in [6.45, 7) is 2.86. The van der Waals surface area contributed by atoms with Crippen LogP contribution >= 0.6 is 11.8 Å². The first-order chi connectivity index (χ1) is 16.0. The van der Waals surface area contributed by atoms with E-state index in [9.17, 15) is 29.4 Å². The first-order valence-electron chi connectivity index (χ1n) is 10.9. The highest BCUT2D eigenvalue weighted by atomic mass is 32.2. The van der Waals surface area contributed by atoms with E-state index in [0.717, 1.165) is 0 Å². The molecule has 0 saturated carbocycles. The number of fused-ring (bicyclic) bond motifs is 1. The van der Waals surface area contributed by atoms with Gasteiger partial charge in [0.1, 0.15) is 6.04 Å². The highest BCUT2D eigenvalue weighted by molar-refractivity contribution is 7.98. The number of carbonyl (C=O) groups excluding carboxylic acids is 3. The molecule has 10 nitrogen and oxygen atoms in total. The second kappa shape index (κ2) is 12.1. The molecule has 1 heterocycles. The van der Waals surface area contributed by atoms with E-state index in [1.807, 2.05) is 6.26 Å². The van der Waals surface area contributed by atoms with Crippen LogP contribution in [-0.4, -0.2) is 79.6 Å². The monoisotopic (exact) mass is 492 g/mol. The molecule has 2 aromatic rings. The number of carboxylic acids is 1. The van der Waals surface area contributed by atoms with Crippen LogP contribution in [0.4, 0.5) is 0 Å². The van der Waals surface area contributed by atoms with E-state index in [0.29, 0.717) is 27.1 Å². The van der Waals surface area contributed by atoms with Crippen LogP contribution in [0.2, 0.25) is 0 Å². The quantitative estimate of drug-likeness (QED) is 0.355. The van der Waals surface area contributed by atoms with Gasteiger partial charge in [-0.15, -0.1) is 0 Å². The summed E-state index contributed by atoms with van der Waals surface area (Å²) in [6.07, 6.45) is 2.36. The minimum atomic E-state index is -1.57. The minimum Gasteiger partial charge on any atom is -0.480 e. The van der Waals surface area contributed by atoms with Crippen molar-refractivity contribution in [3.05, 3.63) is 36.0 Å². The van der Waals surface area contributed by atoms with Crippen LogP contribution in [0.3, 0.4) is 0 Å². The van der Waals surface area contributed by atoms with Crippen molar-refractivity contribution in [2.24, 2.45) is 11.5 Å². The molecule has 6 N–H and O–H groups in total. The van der Waals surface area contributed by atoms with E-state index < -0.39 is 42.0 Å². The molecule has 0 aliphatic carbocycles. The molecule has 34 heavy (non-hydrogen) atoms. The largest absolute Gasteiger partial charge is 0.480 e. The Hall–Kier alpha value is -2.73. The van der Waals surface area contributed by atoms with Gasteiger partial charge in [-0.3, -0.25) is 23.9 Å². The molecule has 0 saturated heterocycles. The van der Waals surface area contributed by atoms with Gasteiger partial charge in [0.15, 0.2) is 0 Å². The number of aliphatic hydroxyl groups excluding tert-OH is 1. The van der Waals surface area contributed by atoms with E-state index in [1.54, 1.807) is 24.3 Å². The third-order valence-corrected chi connectivity index (χ3v) is 6.00. The van der Waals surface area contributed by atoms with Crippen LogP contribution < -0.4 is 11.5 Å². The number of thioether (sulfide) groups is 1. The Morgan fingerprint density at radius 2 is 1.76 bits per heavy atom. The molecule has 2 amide bonds. The summed E-state index contributed by atoms with van der Waals surface area (Å²) < 4.78 is 1.35. The Balaban J connectivity index is 2.53. The zero-order chi connectivity index (χ0) is 25.6. The van der Waals surface area contributed by atoms with Crippen molar-refractivity contribution in [1.82, 2.24) is 9.47 Å². The number of nitrogens with zero attached hydrogens (tertiary/aromatic N) is 2. The summed E-state index contributed by atoms with van der Waals surface area (Å²) in [5.74, 6) is -2.86. The number of nitrogens with two attached hydrogens (primary N) is 2. The van der Waals surface area contributed by atoms with Gasteiger partial charge in [0, 0.05) is 18.0 Å². The molecule has 0 spiro atoms. The number of rotatable bonds is 11. The van der Waals surface area contributed by atoms with Crippen molar-refractivity contribution in [2.75, 3.05) is 12.0 Å². The van der Waals surface area contributed by atoms with Gasteiger partial charge >= 0.3 is 5.97 Å².